The van der Waals surface area contributed by atoms with Gasteiger partial charge < -0.3 is 62.2 Å². The maximum absolute atomic E-state index is 13.1. The molecule has 23 heteroatoms. The van der Waals surface area contributed by atoms with E-state index in [0.29, 0.717) is 124 Å². The molecule has 1 N–H and O–H groups in total. The number of carbonyl (C=O) groups excluding carboxylic acids is 10. The Morgan fingerprint density at radius 1 is 0.319 bits per heavy atom. The summed E-state index contributed by atoms with van der Waals surface area (Å²) < 4.78 is 65.8. The first-order chi connectivity index (χ1) is 65.5. The highest BCUT2D eigenvalue weighted by Gasteiger charge is 2.36. The van der Waals surface area contributed by atoms with Gasteiger partial charge in [0.05, 0.1) is 88.7 Å². The van der Waals surface area contributed by atoms with Crippen molar-refractivity contribution in [3.8, 4) is 34.5 Å². The molecule has 0 saturated heterocycles. The highest BCUT2D eigenvalue weighted by atomic mass is 16.6. The van der Waals surface area contributed by atoms with Gasteiger partial charge in [0, 0.05) is 26.3 Å². The van der Waals surface area contributed by atoms with Crippen LogP contribution < -0.4 is 33.7 Å². The Balaban J connectivity index is 0.000000420. The van der Waals surface area contributed by atoms with Crippen molar-refractivity contribution in [1.82, 2.24) is 5.32 Å². The summed E-state index contributed by atoms with van der Waals surface area (Å²) in [5.41, 5.74) is 0.695. The monoisotopic (exact) mass is 1880 g/mol. The van der Waals surface area contributed by atoms with Crippen molar-refractivity contribution >= 4 is 59.8 Å². The molecule has 1 amide bonds. The minimum atomic E-state index is -0.488. The number of benzene rings is 4. The zero-order valence-electron chi connectivity index (χ0n) is 83.5. The second-order valence-corrected chi connectivity index (χ2v) is 39.5. The van der Waals surface area contributed by atoms with Crippen LogP contribution in [0, 0.1) is 58.7 Å². The van der Waals surface area contributed by atoms with Gasteiger partial charge in [-0.3, -0.25) is 33.6 Å². The molecule has 135 heavy (non-hydrogen) atoms. The van der Waals surface area contributed by atoms with E-state index in [1.54, 1.807) is 97.1 Å². The Morgan fingerprint density at radius 3 is 0.970 bits per heavy atom. The van der Waals surface area contributed by atoms with Gasteiger partial charge in [0.1, 0.15) is 34.5 Å². The van der Waals surface area contributed by atoms with Crippen LogP contribution in [0.3, 0.4) is 0 Å². The number of esters is 9. The topological polar surface area (TPSA) is 293 Å². The van der Waals surface area contributed by atoms with Crippen LogP contribution in [-0.4, -0.2) is 119 Å². The number of hydrogen-bond acceptors (Lipinski definition) is 22. The van der Waals surface area contributed by atoms with Gasteiger partial charge in [-0.1, -0.05) is 176 Å². The SMILES string of the molecule is CCCCCC1CCC(C2CCC(C(=O)Oc3ccc(OC(=O)c4ccc(OCCCCCCCCOC(=O)CCC(=O)OCCCCCCOC(=O)NCC(C)(C)CC(C)CCCC(=O)OCCCCCCOC(C)=O)cc4)cc3)CC2)CC1.CCCCCC1CCC(C2CCC(C(=O)Oc3ccc(OC(=O)c4ccc(OCCCCCCCCOC(=O)CCC)cc4)cc3)CC2)CC1. The molecule has 4 aliphatic carbocycles. The summed E-state index contributed by atoms with van der Waals surface area (Å²) in [6.45, 7) is 18.2. The molecule has 23 nitrogen and oxygen atoms in total. The van der Waals surface area contributed by atoms with Crippen molar-refractivity contribution in [2.24, 2.45) is 58.7 Å². The maximum atomic E-state index is 13.1. The van der Waals surface area contributed by atoms with Gasteiger partial charge in [-0.2, -0.15) is 0 Å². The highest BCUT2D eigenvalue weighted by molar-refractivity contribution is 5.92. The highest BCUT2D eigenvalue weighted by Crippen LogP contribution is 2.45. The predicted molar refractivity (Wildman–Crippen MR) is 526 cm³/mol. The molecule has 4 aliphatic rings. The van der Waals surface area contributed by atoms with E-state index >= 15 is 0 Å². The number of hydrogen-bond donors (Lipinski definition) is 1. The molecule has 4 saturated carbocycles. The molecule has 0 aliphatic heterocycles. The second kappa shape index (κ2) is 68.1. The third-order valence-corrected chi connectivity index (χ3v) is 27.4. The molecule has 0 radical (unpaired) electrons. The molecule has 754 valence electrons. The third-order valence-electron chi connectivity index (χ3n) is 27.4. The van der Waals surface area contributed by atoms with Crippen molar-refractivity contribution < 1.29 is 105 Å². The van der Waals surface area contributed by atoms with E-state index in [9.17, 15) is 47.9 Å². The van der Waals surface area contributed by atoms with Gasteiger partial charge in [0.15, 0.2) is 0 Å². The van der Waals surface area contributed by atoms with Crippen LogP contribution in [0.5, 0.6) is 34.5 Å². The zero-order chi connectivity index (χ0) is 96.7. The third kappa shape index (κ3) is 50.2. The van der Waals surface area contributed by atoms with Gasteiger partial charge in [-0.15, -0.1) is 0 Å². The van der Waals surface area contributed by atoms with Crippen LogP contribution in [-0.2, 0) is 62.0 Å². The number of carbonyl (C=O) groups is 10. The van der Waals surface area contributed by atoms with E-state index in [1.165, 1.54) is 110 Å². The van der Waals surface area contributed by atoms with E-state index < -0.39 is 30.0 Å². The minimum absolute atomic E-state index is 0.0136. The van der Waals surface area contributed by atoms with E-state index in [4.69, 9.17) is 56.8 Å². The molecule has 1 atom stereocenters. The number of alkyl carbamates (subject to hydrolysis) is 1. The molecule has 0 aromatic heterocycles. The van der Waals surface area contributed by atoms with Crippen LogP contribution in [0.4, 0.5) is 4.79 Å². The minimum Gasteiger partial charge on any atom is -0.494 e. The summed E-state index contributed by atoms with van der Waals surface area (Å²) in [5, 5.41) is 2.88. The second-order valence-electron chi connectivity index (χ2n) is 39.5. The lowest BCUT2D eigenvalue weighted by atomic mass is 9.68. The van der Waals surface area contributed by atoms with E-state index in [1.807, 2.05) is 6.92 Å². The molecular weight excluding hydrogens is 1710 g/mol. The summed E-state index contributed by atoms with van der Waals surface area (Å²) in [6, 6.07) is 27.2. The Labute approximate surface area is 808 Å². The lowest BCUT2D eigenvalue weighted by Gasteiger charge is -2.37. The summed E-state index contributed by atoms with van der Waals surface area (Å²) >= 11 is 0. The number of ether oxygens (including phenoxy) is 12. The van der Waals surface area contributed by atoms with E-state index in [0.717, 1.165) is 234 Å². The average Bonchev–Trinajstić information content (AvgIpc) is 0.847. The molecule has 0 heterocycles. The first-order valence-electron chi connectivity index (χ1n) is 52.7. The first kappa shape index (κ1) is 113. The molecule has 4 aromatic carbocycles. The number of amides is 1. The van der Waals surface area contributed by atoms with Gasteiger partial charge in [0.2, 0.25) is 0 Å². The summed E-state index contributed by atoms with van der Waals surface area (Å²) in [5.74, 6) is 5.78. The van der Waals surface area contributed by atoms with E-state index in [-0.39, 0.29) is 66.5 Å². The fraction of sp³-hybridized carbons (Fsp3) is 0.696. The average molecular weight is 1880 g/mol. The lowest BCUT2D eigenvalue weighted by molar-refractivity contribution is -0.150. The Kier molecular flexibility index (Phi) is 57.0. The van der Waals surface area contributed by atoms with Crippen LogP contribution >= 0.6 is 0 Å². The van der Waals surface area contributed by atoms with Crippen LogP contribution in [0.15, 0.2) is 97.1 Å². The molecule has 0 bridgehead atoms. The fourth-order valence-corrected chi connectivity index (χ4v) is 19.4. The molecule has 4 fully saturated rings. The summed E-state index contributed by atoms with van der Waals surface area (Å²) in [6.07, 6.45) is 52.2. The fourth-order valence-electron chi connectivity index (χ4n) is 19.4. The maximum Gasteiger partial charge on any atom is 0.407 e. The van der Waals surface area contributed by atoms with Gasteiger partial charge in [-0.05, 0) is 317 Å². The molecule has 1 unspecified atom stereocenters. The number of unbranched alkanes of at least 4 members (excludes halogenated alkanes) is 20. The van der Waals surface area contributed by atoms with Gasteiger partial charge in [-0.25, -0.2) is 14.4 Å². The van der Waals surface area contributed by atoms with Crippen molar-refractivity contribution in [1.29, 1.82) is 0 Å². The molecule has 8 rings (SSSR count). The molecular formula is C112H169NO22. The van der Waals surface area contributed by atoms with E-state index in [2.05, 4.69) is 39.9 Å². The van der Waals surface area contributed by atoms with Crippen molar-refractivity contribution in [2.75, 3.05) is 59.4 Å². The van der Waals surface area contributed by atoms with Crippen molar-refractivity contribution in [2.45, 2.75) is 382 Å². The quantitative estimate of drug-likeness (QED) is 0.0186. The van der Waals surface area contributed by atoms with Crippen molar-refractivity contribution in [3.63, 3.8) is 0 Å². The van der Waals surface area contributed by atoms with Crippen LogP contribution in [0.1, 0.15) is 403 Å². The zero-order valence-corrected chi connectivity index (χ0v) is 83.5. The number of rotatable bonds is 65. The van der Waals surface area contributed by atoms with Crippen LogP contribution in [0.2, 0.25) is 0 Å². The first-order valence-corrected chi connectivity index (χ1v) is 52.7. The summed E-state index contributed by atoms with van der Waals surface area (Å²) in [4.78, 5) is 123. The molecule has 4 aromatic rings. The van der Waals surface area contributed by atoms with Crippen molar-refractivity contribution in [3.05, 3.63) is 108 Å². The Morgan fingerprint density at radius 2 is 0.622 bits per heavy atom. The van der Waals surface area contributed by atoms with Crippen LogP contribution in [0.25, 0.3) is 0 Å². The smallest absolute Gasteiger partial charge is 0.407 e. The van der Waals surface area contributed by atoms with Gasteiger partial charge in [0.25, 0.3) is 0 Å². The predicted octanol–water partition coefficient (Wildman–Crippen LogP) is 26.8. The largest absolute Gasteiger partial charge is 0.494 e. The Hall–Kier alpha value is -9.02. The summed E-state index contributed by atoms with van der Waals surface area (Å²) in [7, 11) is 0. The Bertz CT molecular complexity index is 3940. The normalized spacial score (nSPS) is 18.4. The lowest BCUT2D eigenvalue weighted by Crippen LogP contribution is -2.35. The van der Waals surface area contributed by atoms with Gasteiger partial charge >= 0.3 is 59.8 Å². The standard InChI is InChI=1S/C69H107NO15.C43H62O7/c1-6-7-16-25-55-27-29-56(30-28-55)57-31-33-58(34-32-57)66(75)84-61-39-41-62(42-40-61)85-67(76)59-35-37-60(38-36-59)79-46-18-10-8-9-11-19-48-81-64(73)43-44-65(74)82-49-21-14-15-22-50-83-68(77)70-52-69(4,5)51-53(2)24-23-26-63(72)80-47-20-13-12-17-45-78-54(3)71;1-3-5-10-14-33-15-17-34(18-16-33)35-19-21-36(22-20-35)42(45)49-39-27-29-40(30-28-39)50-43(46)37-23-25-38(26-24-37)47-31-11-8-6-7-9-12-32-48-41(44)13-4-2/h35-42,53,55-58H,6-34,43-52H2,1-5H3,(H,70,77);23-30,33-36H,3-22,31-32H2,1-2H3. The molecule has 0 spiro atoms. The number of nitrogens with one attached hydrogen (secondary N) is 1.